The van der Waals surface area contributed by atoms with E-state index in [0.717, 1.165) is 27.4 Å². The average molecular weight is 868 g/mol. The minimum Gasteiger partial charge on any atom is -0.491 e. The molecule has 0 fully saturated rings. The van der Waals surface area contributed by atoms with E-state index in [0.29, 0.717) is 58.3 Å². The van der Waals surface area contributed by atoms with Crippen LogP contribution in [0.1, 0.15) is 44.0 Å². The predicted molar refractivity (Wildman–Crippen MR) is 228 cm³/mol. The molecule has 3 aromatic heterocycles. The lowest BCUT2D eigenvalue weighted by Gasteiger charge is -2.28. The second-order valence-corrected chi connectivity index (χ2v) is 16.0. The highest BCUT2D eigenvalue weighted by Crippen LogP contribution is 2.45. The number of aryl methyl sites for hydroxylation is 2. The van der Waals surface area contributed by atoms with Crippen LogP contribution in [0.2, 0.25) is 0 Å². The van der Waals surface area contributed by atoms with E-state index in [9.17, 15) is 27.5 Å². The quantitative estimate of drug-likeness (QED) is 0.0618. The Labute approximate surface area is 356 Å². The van der Waals surface area contributed by atoms with Crippen LogP contribution in [0.25, 0.3) is 10.2 Å². The maximum absolute atomic E-state index is 15.0. The number of rotatable bonds is 14. The number of hydrogen-bond donors (Lipinski definition) is 2. The summed E-state index contributed by atoms with van der Waals surface area (Å²) in [6.45, 7) is 2.74. The molecular formula is C43H37F4N9O3S2. The first-order valence-electron chi connectivity index (χ1n) is 18.8. The second-order valence-electron chi connectivity index (χ2n) is 13.9. The summed E-state index contributed by atoms with van der Waals surface area (Å²) < 4.78 is 64.0. The lowest BCUT2D eigenvalue weighted by molar-refractivity contribution is -0.175. The molecule has 0 bridgehead atoms. The predicted octanol–water partition coefficient (Wildman–Crippen LogP) is 9.99. The maximum Gasteiger partial charge on any atom is 0.423 e. The van der Waals surface area contributed by atoms with Gasteiger partial charge in [0, 0.05) is 30.2 Å². The molecule has 1 atom stereocenters. The molecule has 6 aromatic rings. The van der Waals surface area contributed by atoms with Gasteiger partial charge in [-0.05, 0) is 92.1 Å². The van der Waals surface area contributed by atoms with Gasteiger partial charge in [-0.15, -0.1) is 21.5 Å². The van der Waals surface area contributed by atoms with Gasteiger partial charge in [0.25, 0.3) is 0 Å². The number of para-hydroxylation sites is 1. The molecule has 61 heavy (non-hydrogen) atoms. The van der Waals surface area contributed by atoms with E-state index in [4.69, 9.17) is 4.74 Å². The minimum atomic E-state index is -4.68. The van der Waals surface area contributed by atoms with Crippen LogP contribution in [-0.4, -0.2) is 69.6 Å². The fourth-order valence-corrected chi connectivity index (χ4v) is 8.16. The van der Waals surface area contributed by atoms with E-state index in [1.54, 1.807) is 30.1 Å². The summed E-state index contributed by atoms with van der Waals surface area (Å²) in [6.07, 6.45) is 0.919. The van der Waals surface area contributed by atoms with Crippen molar-refractivity contribution in [3.8, 4) is 17.6 Å². The Hall–Kier alpha value is -6.55. The van der Waals surface area contributed by atoms with Gasteiger partial charge in [-0.25, -0.2) is 19.2 Å². The Kier molecular flexibility index (Phi) is 12.8. The molecule has 0 spiro atoms. The molecule has 0 saturated carbocycles. The van der Waals surface area contributed by atoms with Crippen molar-refractivity contribution < 1.29 is 32.2 Å². The number of anilines is 4. The molecule has 18 heteroatoms. The van der Waals surface area contributed by atoms with Crippen LogP contribution in [0, 0.1) is 24.6 Å². The van der Waals surface area contributed by atoms with Crippen molar-refractivity contribution in [3.63, 3.8) is 0 Å². The molecule has 1 unspecified atom stereocenters. The number of aromatic nitrogens is 4. The van der Waals surface area contributed by atoms with E-state index in [1.165, 1.54) is 65.3 Å². The highest BCUT2D eigenvalue weighted by molar-refractivity contribution is 7.22. The Balaban J connectivity index is 0.896. The fraction of sp³-hybridized carbons (Fsp3) is 0.233. The van der Waals surface area contributed by atoms with Crippen LogP contribution < -0.4 is 15.0 Å². The van der Waals surface area contributed by atoms with E-state index in [1.807, 2.05) is 49.2 Å². The van der Waals surface area contributed by atoms with E-state index >= 15 is 0 Å². The molecule has 2 N–H and O–H groups in total. The van der Waals surface area contributed by atoms with Crippen molar-refractivity contribution in [2.24, 2.45) is 10.2 Å². The number of fused-ring (bicyclic) bond motifs is 1. The number of ether oxygens (including phenoxy) is 1. The summed E-state index contributed by atoms with van der Waals surface area (Å²) in [5, 5.41) is 30.1. The van der Waals surface area contributed by atoms with Gasteiger partial charge < -0.3 is 20.1 Å². The van der Waals surface area contributed by atoms with E-state index in [-0.39, 0.29) is 23.6 Å². The highest BCUT2D eigenvalue weighted by Gasteiger charge is 2.55. The first kappa shape index (κ1) is 42.6. The standard InChI is InChI=1S/C43H37F4N9O3S2/c1-27-24-36(52-53-38(27)51-40-49-32-11-4-5-12-34(32)60-40)56(3)41-50-37(39(57)58)35(61-41)13-9-23-59-33-19-16-28(25-31(33)44)10-8-22-55(2)26-29-14-17-30(18-15-29)42(43(45,46)47)20-6-7-21-48-54-42/h4-7,11-12,14-21,24-25H,9,13,22-23,26H2,1-3H3,(H,57,58)(H,49,51,53). The summed E-state index contributed by atoms with van der Waals surface area (Å²) in [7, 11) is 3.55. The molecule has 1 aliphatic heterocycles. The maximum atomic E-state index is 15.0. The number of allylic oxidation sites excluding steroid dienone is 2. The molecule has 312 valence electrons. The monoisotopic (exact) mass is 867 g/mol. The zero-order valence-electron chi connectivity index (χ0n) is 32.9. The summed E-state index contributed by atoms with van der Waals surface area (Å²) in [5.74, 6) is 5.23. The van der Waals surface area contributed by atoms with Crippen LogP contribution in [-0.2, 0) is 18.5 Å². The SMILES string of the molecule is Cc1cc(N(C)c2nc(C(=O)O)c(CCCOc3ccc(C#CCN(C)Cc4ccc(C5(C(F)(F)F)C=CC=CN=N5)cc4)cc3F)s2)nnc1Nc1nc2ccccc2s1. The van der Waals surface area contributed by atoms with E-state index < -0.39 is 23.5 Å². The number of nitrogens with one attached hydrogen (secondary N) is 1. The number of carbonyl (C=O) groups is 1. The van der Waals surface area contributed by atoms with Gasteiger partial charge in [-0.1, -0.05) is 65.7 Å². The molecule has 0 amide bonds. The molecule has 7 rings (SSSR count). The largest absolute Gasteiger partial charge is 0.491 e. The first-order chi connectivity index (χ1) is 29.3. The zero-order chi connectivity index (χ0) is 43.1. The highest BCUT2D eigenvalue weighted by atomic mass is 32.1. The number of halogens is 4. The lowest BCUT2D eigenvalue weighted by atomic mass is 9.89. The number of aromatic carboxylic acids is 1. The number of carboxylic acids is 1. The smallest absolute Gasteiger partial charge is 0.423 e. The number of thiazole rings is 2. The van der Waals surface area contributed by atoms with Gasteiger partial charge in [0.15, 0.2) is 39.2 Å². The van der Waals surface area contributed by atoms with E-state index in [2.05, 4.69) is 47.6 Å². The third-order valence-electron chi connectivity index (χ3n) is 9.42. The molecule has 0 radical (unpaired) electrons. The van der Waals surface area contributed by atoms with Crippen LogP contribution in [0.4, 0.5) is 39.5 Å². The number of benzene rings is 3. The Morgan fingerprint density at radius 1 is 1.00 bits per heavy atom. The lowest BCUT2D eigenvalue weighted by Crippen LogP contribution is -2.38. The van der Waals surface area contributed by atoms with Gasteiger partial charge >= 0.3 is 12.1 Å². The summed E-state index contributed by atoms with van der Waals surface area (Å²) in [6, 6.07) is 20.1. The normalized spacial score (nSPS) is 14.8. The Bertz CT molecular complexity index is 2650. The number of hydrogen-bond acceptors (Lipinski definition) is 13. The van der Waals surface area contributed by atoms with Gasteiger partial charge in [0.2, 0.25) is 5.54 Å². The third-order valence-corrected chi connectivity index (χ3v) is 11.6. The first-order valence-corrected chi connectivity index (χ1v) is 20.4. The molecular weight excluding hydrogens is 831 g/mol. The number of carboxylic acid groups (broad SMARTS) is 1. The summed E-state index contributed by atoms with van der Waals surface area (Å²) in [5.41, 5.74) is 0.217. The number of azo groups is 1. The van der Waals surface area contributed by atoms with Crippen molar-refractivity contribution in [2.45, 2.75) is 38.0 Å². The topological polar surface area (TPSA) is 141 Å². The number of alkyl halides is 3. The Morgan fingerprint density at radius 3 is 2.54 bits per heavy atom. The van der Waals surface area contributed by atoms with Crippen LogP contribution in [0.3, 0.4) is 0 Å². The molecule has 3 aromatic carbocycles. The molecule has 0 saturated heterocycles. The van der Waals surface area contributed by atoms with Gasteiger partial charge in [-0.2, -0.15) is 23.4 Å². The van der Waals surface area contributed by atoms with Crippen LogP contribution in [0.5, 0.6) is 5.75 Å². The molecule has 0 aliphatic carbocycles. The van der Waals surface area contributed by atoms with Gasteiger partial charge in [0.05, 0.1) is 23.4 Å². The molecule has 1 aliphatic rings. The van der Waals surface area contributed by atoms with Crippen LogP contribution in [0.15, 0.2) is 107 Å². The second kappa shape index (κ2) is 18.4. The van der Waals surface area contributed by atoms with Gasteiger partial charge in [0.1, 0.15) is 0 Å². The van der Waals surface area contributed by atoms with Gasteiger partial charge in [-0.3, -0.25) is 4.90 Å². The zero-order valence-corrected chi connectivity index (χ0v) is 34.6. The van der Waals surface area contributed by atoms with Crippen molar-refractivity contribution in [1.29, 1.82) is 0 Å². The van der Waals surface area contributed by atoms with Crippen molar-refractivity contribution in [2.75, 3.05) is 37.5 Å². The third kappa shape index (κ3) is 9.92. The minimum absolute atomic E-state index is 0.0358. The Morgan fingerprint density at radius 2 is 1.80 bits per heavy atom. The molecule has 4 heterocycles. The average Bonchev–Trinajstić information content (AvgIpc) is 3.76. The summed E-state index contributed by atoms with van der Waals surface area (Å²) >= 11 is 2.73. The van der Waals surface area contributed by atoms with Crippen LogP contribution >= 0.6 is 22.7 Å². The van der Waals surface area contributed by atoms with Crippen molar-refractivity contribution >= 4 is 60.8 Å². The fourth-order valence-electron chi connectivity index (χ4n) is 6.23. The van der Waals surface area contributed by atoms with Crippen molar-refractivity contribution in [3.05, 3.63) is 136 Å². The number of nitrogens with zero attached hydrogens (tertiary/aromatic N) is 8. The molecule has 12 nitrogen and oxygen atoms in total. The summed E-state index contributed by atoms with van der Waals surface area (Å²) in [4.78, 5) is 25.2. The van der Waals surface area contributed by atoms with Crippen molar-refractivity contribution in [1.82, 2.24) is 25.1 Å².